The van der Waals surface area contributed by atoms with Gasteiger partial charge in [-0.25, -0.2) is 8.78 Å². The van der Waals surface area contributed by atoms with Gasteiger partial charge >= 0.3 is 0 Å². The second kappa shape index (κ2) is 7.70. The fourth-order valence-electron chi connectivity index (χ4n) is 2.88. The van der Waals surface area contributed by atoms with Gasteiger partial charge < -0.3 is 15.0 Å². The smallest absolute Gasteiger partial charge is 0.269 e. The Morgan fingerprint density at radius 1 is 1.30 bits per heavy atom. The van der Waals surface area contributed by atoms with E-state index in [1.165, 1.54) is 22.7 Å². The van der Waals surface area contributed by atoms with Crippen LogP contribution in [0.4, 0.5) is 8.78 Å². The lowest BCUT2D eigenvalue weighted by molar-refractivity contribution is -0.00134. The number of nitrogens with zero attached hydrogens (tertiary/aromatic N) is 2. The number of aromatic nitrogens is 2. The number of halogens is 2. The van der Waals surface area contributed by atoms with E-state index in [4.69, 9.17) is 4.74 Å². The van der Waals surface area contributed by atoms with Crippen molar-refractivity contribution in [1.82, 2.24) is 20.0 Å². The molecule has 2 N–H and O–H groups in total. The number of hydrogen-bond donors (Lipinski definition) is 2. The number of H-pyrrole nitrogens is 1. The van der Waals surface area contributed by atoms with Crippen LogP contribution in [-0.4, -0.2) is 58.8 Å². The highest BCUT2D eigenvalue weighted by Gasteiger charge is 2.29. The van der Waals surface area contributed by atoms with Crippen LogP contribution in [0.5, 0.6) is 0 Å². The number of carbonyl (C=O) groups is 2. The molecular weight excluding hydrogens is 362 g/mol. The van der Waals surface area contributed by atoms with Crippen LogP contribution < -0.4 is 10.9 Å². The second-order valence-corrected chi connectivity index (χ2v) is 6.13. The van der Waals surface area contributed by atoms with Crippen LogP contribution in [0.25, 0.3) is 0 Å². The zero-order valence-corrected chi connectivity index (χ0v) is 14.5. The Morgan fingerprint density at radius 3 is 2.74 bits per heavy atom. The van der Waals surface area contributed by atoms with Gasteiger partial charge in [0.15, 0.2) is 11.6 Å². The van der Waals surface area contributed by atoms with Crippen LogP contribution >= 0.6 is 0 Å². The molecule has 1 aromatic heterocycles. The van der Waals surface area contributed by atoms with Gasteiger partial charge in [0, 0.05) is 31.8 Å². The zero-order chi connectivity index (χ0) is 19.6. The first-order valence-electron chi connectivity index (χ1n) is 8.25. The van der Waals surface area contributed by atoms with Gasteiger partial charge in [0.05, 0.1) is 19.3 Å². The lowest BCUT2D eigenvalue weighted by Gasteiger charge is -2.35. The molecule has 2 aromatic rings. The third kappa shape index (κ3) is 4.05. The van der Waals surface area contributed by atoms with E-state index in [1.807, 2.05) is 0 Å². The summed E-state index contributed by atoms with van der Waals surface area (Å²) in [6.45, 7) is 0.808. The lowest BCUT2D eigenvalue weighted by Crippen LogP contribution is -2.53. The normalized spacial score (nSPS) is 17.0. The molecular formula is C17H18F2N4O4. The molecule has 1 atom stereocenters. The van der Waals surface area contributed by atoms with Crippen LogP contribution in [0.1, 0.15) is 20.8 Å². The third-order valence-electron chi connectivity index (χ3n) is 4.29. The number of nitrogens with one attached hydrogen (secondary N) is 2. The van der Waals surface area contributed by atoms with E-state index in [-0.39, 0.29) is 31.0 Å². The highest BCUT2D eigenvalue weighted by atomic mass is 19.2. The Kier molecular flexibility index (Phi) is 5.36. The summed E-state index contributed by atoms with van der Waals surface area (Å²) in [6.07, 6.45) is 0. The Hall–Kier alpha value is -3.01. The SMILES string of the molecule is Cn1[nH]c(=O)cc1C(=O)NCC1COCCN1C(=O)c1ccc(F)c(F)c1. The molecule has 10 heteroatoms. The van der Waals surface area contributed by atoms with Crippen molar-refractivity contribution in [1.29, 1.82) is 0 Å². The molecule has 1 saturated heterocycles. The summed E-state index contributed by atoms with van der Waals surface area (Å²) in [5.41, 5.74) is -0.242. The van der Waals surface area contributed by atoms with E-state index in [0.717, 1.165) is 18.2 Å². The van der Waals surface area contributed by atoms with Crippen LogP contribution in [0, 0.1) is 11.6 Å². The largest absolute Gasteiger partial charge is 0.377 e. The molecule has 144 valence electrons. The number of amides is 2. The van der Waals surface area contributed by atoms with Crippen molar-refractivity contribution in [2.24, 2.45) is 7.05 Å². The third-order valence-corrected chi connectivity index (χ3v) is 4.29. The van der Waals surface area contributed by atoms with Gasteiger partial charge in [-0.05, 0) is 18.2 Å². The maximum atomic E-state index is 13.4. The fourth-order valence-corrected chi connectivity index (χ4v) is 2.88. The number of aryl methyl sites for hydroxylation is 1. The maximum absolute atomic E-state index is 13.4. The van der Waals surface area contributed by atoms with E-state index >= 15 is 0 Å². The van der Waals surface area contributed by atoms with Crippen LogP contribution in [0.3, 0.4) is 0 Å². The number of hydrogen-bond acceptors (Lipinski definition) is 4. The summed E-state index contributed by atoms with van der Waals surface area (Å²) < 4.78 is 33.2. The highest BCUT2D eigenvalue weighted by molar-refractivity contribution is 5.95. The minimum Gasteiger partial charge on any atom is -0.377 e. The first kappa shape index (κ1) is 18.8. The first-order chi connectivity index (χ1) is 12.9. The topological polar surface area (TPSA) is 96.4 Å². The lowest BCUT2D eigenvalue weighted by atomic mass is 10.1. The molecule has 0 saturated carbocycles. The van der Waals surface area contributed by atoms with E-state index in [9.17, 15) is 23.2 Å². The molecule has 8 nitrogen and oxygen atoms in total. The predicted molar refractivity (Wildman–Crippen MR) is 90.4 cm³/mol. The monoisotopic (exact) mass is 380 g/mol. The van der Waals surface area contributed by atoms with Crippen molar-refractivity contribution in [2.75, 3.05) is 26.3 Å². The van der Waals surface area contributed by atoms with Crippen molar-refractivity contribution >= 4 is 11.8 Å². The van der Waals surface area contributed by atoms with Gasteiger partial charge in [-0.15, -0.1) is 0 Å². The van der Waals surface area contributed by atoms with Gasteiger partial charge in [-0.3, -0.25) is 24.2 Å². The number of benzene rings is 1. The summed E-state index contributed by atoms with van der Waals surface area (Å²) in [6, 6.07) is 3.63. The van der Waals surface area contributed by atoms with Crippen molar-refractivity contribution < 1.29 is 23.1 Å². The number of morpholine rings is 1. The van der Waals surface area contributed by atoms with Gasteiger partial charge in [0.2, 0.25) is 0 Å². The van der Waals surface area contributed by atoms with Crippen molar-refractivity contribution in [3.05, 3.63) is 57.5 Å². The number of ether oxygens (including phenoxy) is 1. The quantitative estimate of drug-likeness (QED) is 0.796. The summed E-state index contributed by atoms with van der Waals surface area (Å²) >= 11 is 0. The molecule has 1 aromatic carbocycles. The number of carbonyl (C=O) groups excluding carboxylic acids is 2. The molecule has 0 bridgehead atoms. The van der Waals surface area contributed by atoms with Crippen LogP contribution in [0.2, 0.25) is 0 Å². The van der Waals surface area contributed by atoms with Gasteiger partial charge in [-0.1, -0.05) is 0 Å². The molecule has 0 spiro atoms. The minimum absolute atomic E-state index is 0.0140. The average Bonchev–Trinajstić information content (AvgIpc) is 3.00. The second-order valence-electron chi connectivity index (χ2n) is 6.13. The molecule has 1 aliphatic rings. The Labute approximate surface area is 152 Å². The van der Waals surface area contributed by atoms with Gasteiger partial charge in [0.1, 0.15) is 5.69 Å². The number of aromatic amines is 1. The molecule has 1 unspecified atom stereocenters. The first-order valence-corrected chi connectivity index (χ1v) is 8.25. The predicted octanol–water partition coefficient (Wildman–Crippen LogP) is 0.263. The van der Waals surface area contributed by atoms with Gasteiger partial charge in [0.25, 0.3) is 17.4 Å². The Morgan fingerprint density at radius 2 is 2.07 bits per heavy atom. The maximum Gasteiger partial charge on any atom is 0.269 e. The van der Waals surface area contributed by atoms with Crippen molar-refractivity contribution in [3.63, 3.8) is 0 Å². The molecule has 0 aliphatic carbocycles. The summed E-state index contributed by atoms with van der Waals surface area (Å²) in [7, 11) is 1.53. The Balaban J connectivity index is 1.70. The van der Waals surface area contributed by atoms with Crippen LogP contribution in [0.15, 0.2) is 29.1 Å². The van der Waals surface area contributed by atoms with Crippen molar-refractivity contribution in [3.8, 4) is 0 Å². The number of rotatable bonds is 4. The van der Waals surface area contributed by atoms with Gasteiger partial charge in [-0.2, -0.15) is 0 Å². The Bertz CT molecular complexity index is 924. The molecule has 0 radical (unpaired) electrons. The standard InChI is InChI=1S/C17H18F2N4O4/c1-22-14(7-15(24)21-22)16(25)20-8-11-9-27-5-4-23(11)17(26)10-2-3-12(18)13(19)6-10/h2-3,6-7,11H,4-5,8-9H2,1H3,(H,20,25)(H,21,24). The van der Waals surface area contributed by atoms with E-state index in [0.29, 0.717) is 6.61 Å². The van der Waals surface area contributed by atoms with E-state index in [1.54, 1.807) is 0 Å². The van der Waals surface area contributed by atoms with Crippen molar-refractivity contribution in [2.45, 2.75) is 6.04 Å². The molecule has 2 amide bonds. The highest BCUT2D eigenvalue weighted by Crippen LogP contribution is 2.15. The van der Waals surface area contributed by atoms with E-state index in [2.05, 4.69) is 10.4 Å². The van der Waals surface area contributed by atoms with E-state index < -0.39 is 35.0 Å². The summed E-state index contributed by atoms with van der Waals surface area (Å²) in [5.74, 6) is -3.10. The molecule has 2 heterocycles. The van der Waals surface area contributed by atoms with Crippen LogP contribution in [-0.2, 0) is 11.8 Å². The molecule has 3 rings (SSSR count). The summed E-state index contributed by atoms with van der Waals surface area (Å²) in [5, 5.41) is 5.08. The molecule has 1 fully saturated rings. The average molecular weight is 380 g/mol. The summed E-state index contributed by atoms with van der Waals surface area (Å²) in [4.78, 5) is 37.6. The minimum atomic E-state index is -1.10. The molecule has 1 aliphatic heterocycles. The molecule has 27 heavy (non-hydrogen) atoms. The zero-order valence-electron chi connectivity index (χ0n) is 14.5. The fraction of sp³-hybridized carbons (Fsp3) is 0.353.